The first kappa shape index (κ1) is 17.0. The lowest BCUT2D eigenvalue weighted by atomic mass is 9.96. The lowest BCUT2D eigenvalue weighted by molar-refractivity contribution is -0.134. The van der Waals surface area contributed by atoms with E-state index >= 15 is 0 Å². The minimum Gasteiger partial charge on any atom is -0.341 e. The molecule has 1 aliphatic rings. The number of carbonyl (C=O) groups is 1. The van der Waals surface area contributed by atoms with Gasteiger partial charge in [0.2, 0.25) is 5.91 Å². The fourth-order valence-electron chi connectivity index (χ4n) is 3.22. The van der Waals surface area contributed by atoms with E-state index in [1.807, 2.05) is 18.9 Å². The predicted octanol–water partition coefficient (Wildman–Crippen LogP) is 2.24. The van der Waals surface area contributed by atoms with Crippen LogP contribution in [-0.2, 0) is 11.3 Å². The number of hydrogen-bond donors (Lipinski definition) is 1. The van der Waals surface area contributed by atoms with Gasteiger partial charge < -0.3 is 10.6 Å². The third-order valence-corrected chi connectivity index (χ3v) is 4.87. The Hall–Kier alpha value is -1.39. The van der Waals surface area contributed by atoms with Crippen LogP contribution in [0.1, 0.15) is 38.7 Å². The molecule has 1 saturated heterocycles. The minimum absolute atomic E-state index is 0.0798. The van der Waals surface area contributed by atoms with Crippen LogP contribution in [0.4, 0.5) is 0 Å². The summed E-state index contributed by atoms with van der Waals surface area (Å²) in [6, 6.07) is 11.0. The summed E-state index contributed by atoms with van der Waals surface area (Å²) in [5, 5.41) is 0. The van der Waals surface area contributed by atoms with Crippen LogP contribution in [0.15, 0.2) is 30.3 Å². The van der Waals surface area contributed by atoms with Crippen molar-refractivity contribution in [3.8, 4) is 0 Å². The van der Waals surface area contributed by atoms with Gasteiger partial charge in [-0.3, -0.25) is 9.69 Å². The van der Waals surface area contributed by atoms with Crippen molar-refractivity contribution in [1.29, 1.82) is 0 Å². The zero-order chi connectivity index (χ0) is 16.1. The van der Waals surface area contributed by atoms with E-state index in [-0.39, 0.29) is 11.9 Å². The quantitative estimate of drug-likeness (QED) is 0.907. The highest BCUT2D eigenvalue weighted by atomic mass is 16.2. The minimum atomic E-state index is -0.359. The third kappa shape index (κ3) is 4.08. The number of benzene rings is 1. The Labute approximate surface area is 134 Å². The molecule has 0 bridgehead atoms. The van der Waals surface area contributed by atoms with Crippen LogP contribution < -0.4 is 5.73 Å². The van der Waals surface area contributed by atoms with Crippen molar-refractivity contribution in [3.05, 3.63) is 35.9 Å². The van der Waals surface area contributed by atoms with Crippen LogP contribution in [0, 0.1) is 0 Å². The zero-order valence-corrected chi connectivity index (χ0v) is 14.0. The molecule has 3 atom stereocenters. The number of hydrogen-bond acceptors (Lipinski definition) is 3. The first-order valence-electron chi connectivity index (χ1n) is 8.33. The Morgan fingerprint density at radius 1 is 1.41 bits per heavy atom. The molecule has 0 radical (unpaired) electrons. The molecule has 0 unspecified atom stereocenters. The van der Waals surface area contributed by atoms with Crippen molar-refractivity contribution in [2.45, 2.75) is 57.8 Å². The molecule has 1 heterocycles. The summed E-state index contributed by atoms with van der Waals surface area (Å²) in [5.41, 5.74) is 7.24. The molecule has 22 heavy (non-hydrogen) atoms. The van der Waals surface area contributed by atoms with Gasteiger partial charge in [0.05, 0.1) is 6.04 Å². The summed E-state index contributed by atoms with van der Waals surface area (Å²) in [6.07, 6.45) is 2.74. The Bertz CT molecular complexity index is 476. The summed E-state index contributed by atoms with van der Waals surface area (Å²) in [4.78, 5) is 16.6. The van der Waals surface area contributed by atoms with Crippen LogP contribution in [0.2, 0.25) is 0 Å². The molecule has 1 fully saturated rings. The molecule has 1 aliphatic heterocycles. The SMILES string of the molecule is CC[C@H](N)C(=O)N(C)[C@H]1CCN(Cc2ccccc2)[C@@H](C)C1. The normalized spacial score (nSPS) is 24.0. The largest absolute Gasteiger partial charge is 0.341 e. The number of likely N-dealkylation sites (tertiary alicyclic amines) is 1. The van der Waals surface area contributed by atoms with Crippen LogP contribution in [0.25, 0.3) is 0 Å². The number of carbonyl (C=O) groups excluding carboxylic acids is 1. The van der Waals surface area contributed by atoms with Gasteiger partial charge >= 0.3 is 0 Å². The van der Waals surface area contributed by atoms with E-state index in [9.17, 15) is 4.79 Å². The molecular weight excluding hydrogens is 274 g/mol. The molecule has 1 aromatic carbocycles. The van der Waals surface area contributed by atoms with Crippen molar-refractivity contribution in [3.63, 3.8) is 0 Å². The van der Waals surface area contributed by atoms with Gasteiger partial charge in [-0.2, -0.15) is 0 Å². The maximum atomic E-state index is 12.2. The number of nitrogens with two attached hydrogens (primary N) is 1. The monoisotopic (exact) mass is 303 g/mol. The molecule has 0 aliphatic carbocycles. The second-order valence-corrected chi connectivity index (χ2v) is 6.45. The lowest BCUT2D eigenvalue weighted by Crippen LogP contribution is -2.52. The van der Waals surface area contributed by atoms with Crippen LogP contribution >= 0.6 is 0 Å². The second kappa shape index (κ2) is 7.75. The number of piperidine rings is 1. The highest BCUT2D eigenvalue weighted by Gasteiger charge is 2.31. The van der Waals surface area contributed by atoms with Gasteiger partial charge in [0.1, 0.15) is 0 Å². The maximum absolute atomic E-state index is 12.2. The standard InChI is InChI=1S/C18H29N3O/c1-4-17(19)18(22)20(3)16-10-11-21(14(2)12-16)13-15-8-6-5-7-9-15/h5-9,14,16-17H,4,10-13,19H2,1-3H3/t14-,16-,17-/m0/s1. The van der Waals surface area contributed by atoms with Crippen LogP contribution in [0.5, 0.6) is 0 Å². The highest BCUT2D eigenvalue weighted by Crippen LogP contribution is 2.23. The van der Waals surface area contributed by atoms with E-state index in [1.54, 1.807) is 0 Å². The summed E-state index contributed by atoms with van der Waals surface area (Å²) in [7, 11) is 1.90. The Morgan fingerprint density at radius 3 is 2.68 bits per heavy atom. The third-order valence-electron chi connectivity index (χ3n) is 4.87. The average Bonchev–Trinajstić information content (AvgIpc) is 2.55. The van der Waals surface area contributed by atoms with E-state index in [1.165, 1.54) is 5.56 Å². The molecule has 0 spiro atoms. The molecule has 122 valence electrons. The summed E-state index contributed by atoms with van der Waals surface area (Å²) >= 11 is 0. The van der Waals surface area contributed by atoms with E-state index in [0.29, 0.717) is 18.5 Å². The molecule has 1 aromatic rings. The molecule has 4 heteroatoms. The highest BCUT2D eigenvalue weighted by molar-refractivity contribution is 5.81. The van der Waals surface area contributed by atoms with E-state index < -0.39 is 0 Å². The number of nitrogens with zero attached hydrogens (tertiary/aromatic N) is 2. The number of rotatable bonds is 5. The van der Waals surface area contributed by atoms with Gasteiger partial charge in [0, 0.05) is 32.2 Å². The van der Waals surface area contributed by atoms with Crippen molar-refractivity contribution in [2.75, 3.05) is 13.6 Å². The molecule has 2 rings (SSSR count). The van der Waals surface area contributed by atoms with Crippen LogP contribution in [-0.4, -0.2) is 47.4 Å². The van der Waals surface area contributed by atoms with Crippen molar-refractivity contribution in [1.82, 2.24) is 9.80 Å². The Morgan fingerprint density at radius 2 is 2.09 bits per heavy atom. The summed E-state index contributed by atoms with van der Waals surface area (Å²) in [6.45, 7) is 6.23. The molecule has 2 N–H and O–H groups in total. The zero-order valence-electron chi connectivity index (χ0n) is 14.0. The molecular formula is C18H29N3O. The molecule has 4 nitrogen and oxygen atoms in total. The smallest absolute Gasteiger partial charge is 0.239 e. The Kier molecular flexibility index (Phi) is 5.98. The topological polar surface area (TPSA) is 49.6 Å². The molecule has 0 saturated carbocycles. The van der Waals surface area contributed by atoms with E-state index in [0.717, 1.165) is 25.9 Å². The first-order chi connectivity index (χ1) is 10.5. The molecule has 0 aromatic heterocycles. The Balaban J connectivity index is 1.91. The van der Waals surface area contributed by atoms with Crippen molar-refractivity contribution >= 4 is 5.91 Å². The summed E-state index contributed by atoms with van der Waals surface area (Å²) in [5.74, 6) is 0.0798. The fraction of sp³-hybridized carbons (Fsp3) is 0.611. The number of likely N-dealkylation sites (N-methyl/N-ethyl adjacent to an activating group) is 1. The molecule has 1 amide bonds. The fourth-order valence-corrected chi connectivity index (χ4v) is 3.22. The van der Waals surface area contributed by atoms with Crippen molar-refractivity contribution in [2.24, 2.45) is 5.73 Å². The lowest BCUT2D eigenvalue weighted by Gasteiger charge is -2.41. The second-order valence-electron chi connectivity index (χ2n) is 6.45. The van der Waals surface area contributed by atoms with Crippen LogP contribution in [0.3, 0.4) is 0 Å². The van der Waals surface area contributed by atoms with Gasteiger partial charge in [0.25, 0.3) is 0 Å². The van der Waals surface area contributed by atoms with Gasteiger partial charge in [-0.15, -0.1) is 0 Å². The van der Waals surface area contributed by atoms with Gasteiger partial charge in [-0.1, -0.05) is 37.3 Å². The van der Waals surface area contributed by atoms with Crippen molar-refractivity contribution < 1.29 is 4.79 Å². The van der Waals surface area contributed by atoms with E-state index in [4.69, 9.17) is 5.73 Å². The predicted molar refractivity (Wildman–Crippen MR) is 90.4 cm³/mol. The maximum Gasteiger partial charge on any atom is 0.239 e. The first-order valence-corrected chi connectivity index (χ1v) is 8.33. The van der Waals surface area contributed by atoms with Gasteiger partial charge in [-0.25, -0.2) is 0 Å². The van der Waals surface area contributed by atoms with Gasteiger partial charge in [0.15, 0.2) is 0 Å². The number of amides is 1. The van der Waals surface area contributed by atoms with E-state index in [2.05, 4.69) is 42.2 Å². The average molecular weight is 303 g/mol. The van der Waals surface area contributed by atoms with Gasteiger partial charge in [-0.05, 0) is 31.7 Å². The summed E-state index contributed by atoms with van der Waals surface area (Å²) < 4.78 is 0.